The van der Waals surface area contributed by atoms with Gasteiger partial charge in [-0.15, -0.1) is 0 Å². The molecule has 0 bridgehead atoms. The second-order valence-electron chi connectivity index (χ2n) is 4.76. The molecule has 2 rings (SSSR count). The molecule has 1 N–H and O–H groups in total. The second kappa shape index (κ2) is 6.34. The third-order valence-electron chi connectivity index (χ3n) is 3.03. The Labute approximate surface area is 113 Å². The molecule has 0 aliphatic rings. The van der Waals surface area contributed by atoms with Crippen LogP contribution in [0.5, 0.6) is 0 Å². The number of anilines is 1. The fourth-order valence-corrected chi connectivity index (χ4v) is 1.93. The zero-order valence-corrected chi connectivity index (χ0v) is 11.4. The van der Waals surface area contributed by atoms with E-state index < -0.39 is 0 Å². The summed E-state index contributed by atoms with van der Waals surface area (Å²) in [5, 5.41) is 3.27. The molecule has 100 valence electrons. The predicted molar refractivity (Wildman–Crippen MR) is 77.7 cm³/mol. The normalized spacial score (nSPS) is 10.5. The Hall–Kier alpha value is -1.87. The van der Waals surface area contributed by atoms with Crippen molar-refractivity contribution in [1.82, 2.24) is 5.32 Å². The van der Waals surface area contributed by atoms with Gasteiger partial charge < -0.3 is 10.2 Å². The first-order valence-corrected chi connectivity index (χ1v) is 6.37. The average molecular weight is 258 g/mol. The van der Waals surface area contributed by atoms with Crippen LogP contribution in [-0.2, 0) is 13.1 Å². The van der Waals surface area contributed by atoms with Crippen molar-refractivity contribution in [3.63, 3.8) is 0 Å². The molecule has 2 aromatic rings. The van der Waals surface area contributed by atoms with Crippen molar-refractivity contribution in [3.8, 4) is 0 Å². The molecule has 2 aromatic carbocycles. The molecule has 2 nitrogen and oxygen atoms in total. The molecule has 0 unspecified atom stereocenters. The van der Waals surface area contributed by atoms with Crippen molar-refractivity contribution >= 4 is 5.69 Å². The summed E-state index contributed by atoms with van der Waals surface area (Å²) in [6.07, 6.45) is 0. The molecular weight excluding hydrogens is 239 g/mol. The summed E-state index contributed by atoms with van der Waals surface area (Å²) < 4.78 is 13.4. The maximum absolute atomic E-state index is 13.4. The summed E-state index contributed by atoms with van der Waals surface area (Å²) in [5.74, 6) is -0.156. The van der Waals surface area contributed by atoms with E-state index in [-0.39, 0.29) is 5.82 Å². The minimum atomic E-state index is -0.156. The maximum atomic E-state index is 13.4. The van der Waals surface area contributed by atoms with Crippen LogP contribution in [0.2, 0.25) is 0 Å². The maximum Gasteiger partial charge on any atom is 0.127 e. The van der Waals surface area contributed by atoms with Gasteiger partial charge in [-0.2, -0.15) is 0 Å². The lowest BCUT2D eigenvalue weighted by atomic mass is 10.1. The molecule has 0 spiro atoms. The Morgan fingerprint density at radius 2 is 1.79 bits per heavy atom. The highest BCUT2D eigenvalue weighted by Gasteiger charge is 2.01. The molecule has 0 aliphatic carbocycles. The average Bonchev–Trinajstić information content (AvgIpc) is 2.41. The van der Waals surface area contributed by atoms with Crippen molar-refractivity contribution < 1.29 is 4.39 Å². The Bertz CT molecular complexity index is 538. The molecule has 0 fully saturated rings. The largest absolute Gasteiger partial charge is 0.378 e. The van der Waals surface area contributed by atoms with Crippen LogP contribution in [0.25, 0.3) is 0 Å². The van der Waals surface area contributed by atoms with E-state index in [0.29, 0.717) is 12.1 Å². The summed E-state index contributed by atoms with van der Waals surface area (Å²) in [7, 11) is 4.04. The van der Waals surface area contributed by atoms with Gasteiger partial charge in [0.2, 0.25) is 0 Å². The number of hydrogen-bond acceptors (Lipinski definition) is 2. The number of nitrogens with one attached hydrogen (secondary N) is 1. The van der Waals surface area contributed by atoms with Gasteiger partial charge in [-0.3, -0.25) is 0 Å². The first-order chi connectivity index (χ1) is 9.16. The number of benzene rings is 2. The fourth-order valence-electron chi connectivity index (χ4n) is 1.93. The van der Waals surface area contributed by atoms with Crippen LogP contribution >= 0.6 is 0 Å². The molecule has 19 heavy (non-hydrogen) atoms. The molecule has 3 heteroatoms. The van der Waals surface area contributed by atoms with E-state index in [2.05, 4.69) is 28.4 Å². The third kappa shape index (κ3) is 3.80. The lowest BCUT2D eigenvalue weighted by Gasteiger charge is -2.14. The minimum Gasteiger partial charge on any atom is -0.378 e. The quantitative estimate of drug-likeness (QED) is 0.886. The molecule has 0 atom stereocenters. The Morgan fingerprint density at radius 1 is 1.00 bits per heavy atom. The summed E-state index contributed by atoms with van der Waals surface area (Å²) in [6.45, 7) is 1.27. The van der Waals surface area contributed by atoms with Gasteiger partial charge in [-0.25, -0.2) is 4.39 Å². The van der Waals surface area contributed by atoms with Crippen LogP contribution in [0.3, 0.4) is 0 Å². The molecular formula is C16H19FN2. The van der Waals surface area contributed by atoms with E-state index >= 15 is 0 Å². The van der Waals surface area contributed by atoms with Gasteiger partial charge >= 0.3 is 0 Å². The monoisotopic (exact) mass is 258 g/mol. The summed E-state index contributed by atoms with van der Waals surface area (Å²) in [6, 6.07) is 15.2. The molecule has 0 saturated heterocycles. The Balaban J connectivity index is 1.93. The van der Waals surface area contributed by atoms with Gasteiger partial charge in [0.15, 0.2) is 0 Å². The third-order valence-corrected chi connectivity index (χ3v) is 3.03. The lowest BCUT2D eigenvalue weighted by Crippen LogP contribution is -2.14. The number of hydrogen-bond donors (Lipinski definition) is 1. The van der Waals surface area contributed by atoms with Crippen molar-refractivity contribution in [2.45, 2.75) is 13.1 Å². The van der Waals surface area contributed by atoms with Crippen LogP contribution in [0.15, 0.2) is 48.5 Å². The Morgan fingerprint density at radius 3 is 2.53 bits per heavy atom. The van der Waals surface area contributed by atoms with E-state index in [0.717, 1.165) is 6.54 Å². The highest BCUT2D eigenvalue weighted by Crippen LogP contribution is 2.13. The van der Waals surface area contributed by atoms with Crippen molar-refractivity contribution in [2.75, 3.05) is 19.0 Å². The van der Waals surface area contributed by atoms with Gasteiger partial charge in [-0.1, -0.05) is 30.3 Å². The molecule has 0 aliphatic heterocycles. The van der Waals surface area contributed by atoms with Crippen LogP contribution < -0.4 is 10.2 Å². The van der Waals surface area contributed by atoms with E-state index in [1.807, 2.05) is 26.2 Å². The standard InChI is InChI=1S/C16H19FN2/c1-19(2)15-8-5-6-13(10-15)11-18-12-14-7-3-4-9-16(14)17/h3-10,18H,11-12H2,1-2H3. The first-order valence-electron chi connectivity index (χ1n) is 6.37. The smallest absolute Gasteiger partial charge is 0.127 e. The molecule has 0 radical (unpaired) electrons. The topological polar surface area (TPSA) is 15.3 Å². The summed E-state index contributed by atoms with van der Waals surface area (Å²) in [4.78, 5) is 2.07. The van der Waals surface area contributed by atoms with E-state index in [9.17, 15) is 4.39 Å². The lowest BCUT2D eigenvalue weighted by molar-refractivity contribution is 0.588. The summed E-state index contributed by atoms with van der Waals surface area (Å²) in [5.41, 5.74) is 3.07. The van der Waals surface area contributed by atoms with E-state index in [1.54, 1.807) is 12.1 Å². The van der Waals surface area contributed by atoms with E-state index in [4.69, 9.17) is 0 Å². The summed E-state index contributed by atoms with van der Waals surface area (Å²) >= 11 is 0. The van der Waals surface area contributed by atoms with Crippen molar-refractivity contribution in [3.05, 3.63) is 65.5 Å². The zero-order valence-electron chi connectivity index (χ0n) is 11.4. The van der Waals surface area contributed by atoms with Crippen LogP contribution in [0.4, 0.5) is 10.1 Å². The second-order valence-corrected chi connectivity index (χ2v) is 4.76. The molecule has 0 aromatic heterocycles. The van der Waals surface area contributed by atoms with Gasteiger partial charge in [0.05, 0.1) is 0 Å². The van der Waals surface area contributed by atoms with Gasteiger partial charge in [-0.05, 0) is 23.8 Å². The SMILES string of the molecule is CN(C)c1cccc(CNCc2ccccc2F)c1. The number of nitrogens with zero attached hydrogens (tertiary/aromatic N) is 1. The zero-order chi connectivity index (χ0) is 13.7. The number of halogens is 1. The Kier molecular flexibility index (Phi) is 4.53. The van der Waals surface area contributed by atoms with Gasteiger partial charge in [0.1, 0.15) is 5.82 Å². The highest BCUT2D eigenvalue weighted by atomic mass is 19.1. The minimum absolute atomic E-state index is 0.156. The van der Waals surface area contributed by atoms with Crippen LogP contribution in [0.1, 0.15) is 11.1 Å². The predicted octanol–water partition coefficient (Wildman–Crippen LogP) is 3.18. The molecule has 0 saturated carbocycles. The van der Waals surface area contributed by atoms with Gasteiger partial charge in [0.25, 0.3) is 0 Å². The van der Waals surface area contributed by atoms with Crippen LogP contribution in [-0.4, -0.2) is 14.1 Å². The van der Waals surface area contributed by atoms with Crippen molar-refractivity contribution in [1.29, 1.82) is 0 Å². The highest BCUT2D eigenvalue weighted by molar-refractivity contribution is 5.47. The number of rotatable bonds is 5. The first kappa shape index (κ1) is 13.6. The molecule has 0 heterocycles. The van der Waals surface area contributed by atoms with E-state index in [1.165, 1.54) is 17.3 Å². The fraction of sp³-hybridized carbons (Fsp3) is 0.250. The van der Waals surface area contributed by atoms with Crippen molar-refractivity contribution in [2.24, 2.45) is 0 Å². The molecule has 0 amide bonds. The van der Waals surface area contributed by atoms with Gasteiger partial charge in [0, 0.05) is 38.4 Å². The van der Waals surface area contributed by atoms with Crippen LogP contribution in [0, 0.1) is 5.82 Å².